The maximum atomic E-state index is 13.8. The van der Waals surface area contributed by atoms with E-state index in [0.717, 1.165) is 22.4 Å². The molecule has 0 aliphatic carbocycles. The molecule has 4 aromatic rings. The van der Waals surface area contributed by atoms with Crippen molar-refractivity contribution in [1.29, 1.82) is 0 Å². The molecule has 9 nitrogen and oxygen atoms in total. The van der Waals surface area contributed by atoms with Gasteiger partial charge in [0.1, 0.15) is 12.4 Å². The van der Waals surface area contributed by atoms with Gasteiger partial charge >= 0.3 is 11.9 Å². The molecule has 10 heteroatoms. The first kappa shape index (κ1) is 29.5. The van der Waals surface area contributed by atoms with E-state index in [4.69, 9.17) is 9.47 Å². The number of aromatic carboxylic acids is 1. The lowest BCUT2D eigenvalue weighted by Crippen LogP contribution is -2.39. The van der Waals surface area contributed by atoms with E-state index in [-0.39, 0.29) is 24.3 Å². The minimum atomic E-state index is -0.989. The molecule has 1 N–H and O–H groups in total. The number of aromatic nitrogens is 1. The highest BCUT2D eigenvalue weighted by Crippen LogP contribution is 2.31. The van der Waals surface area contributed by atoms with Gasteiger partial charge in [0.25, 0.3) is 5.56 Å². The average molecular weight is 598 g/mol. The second kappa shape index (κ2) is 12.5. The van der Waals surface area contributed by atoms with Gasteiger partial charge in [-0.3, -0.25) is 9.36 Å². The molecule has 220 valence electrons. The maximum Gasteiger partial charge on any atom is 0.338 e. The largest absolute Gasteiger partial charge is 0.489 e. The van der Waals surface area contributed by atoms with E-state index in [0.29, 0.717) is 26.4 Å². The van der Waals surface area contributed by atoms with Crippen LogP contribution in [-0.2, 0) is 16.1 Å². The van der Waals surface area contributed by atoms with E-state index in [1.165, 1.54) is 17.4 Å². The Labute approximate surface area is 252 Å². The molecule has 0 fully saturated rings. The highest BCUT2D eigenvalue weighted by atomic mass is 32.1. The first-order valence-corrected chi connectivity index (χ1v) is 14.5. The van der Waals surface area contributed by atoms with E-state index >= 15 is 0 Å². The first-order chi connectivity index (χ1) is 20.7. The third-order valence-electron chi connectivity index (χ3n) is 7.00. The number of hydrogen-bond donors (Lipinski definition) is 1. The molecule has 0 amide bonds. The summed E-state index contributed by atoms with van der Waals surface area (Å²) < 4.78 is 13.3. The number of carbonyl (C=O) groups excluding carboxylic acids is 1. The number of thiazole rings is 1. The lowest BCUT2D eigenvalue weighted by atomic mass is 9.95. The van der Waals surface area contributed by atoms with Crippen molar-refractivity contribution in [3.05, 3.63) is 126 Å². The summed E-state index contributed by atoms with van der Waals surface area (Å²) in [5, 5.41) is 9.19. The highest BCUT2D eigenvalue weighted by Gasteiger charge is 2.33. The van der Waals surface area contributed by atoms with Crippen LogP contribution >= 0.6 is 11.3 Å². The van der Waals surface area contributed by atoms with Crippen LogP contribution in [0, 0.1) is 0 Å². The summed E-state index contributed by atoms with van der Waals surface area (Å²) >= 11 is 1.26. The molecular formula is C33H31N3O6S. The predicted molar refractivity (Wildman–Crippen MR) is 165 cm³/mol. The Balaban J connectivity index is 1.47. The van der Waals surface area contributed by atoms with Crippen LogP contribution in [0.1, 0.15) is 46.9 Å². The molecule has 0 radical (unpaired) electrons. The number of carboxylic acids is 1. The van der Waals surface area contributed by atoms with E-state index in [2.05, 4.69) is 4.99 Å². The zero-order valence-electron chi connectivity index (χ0n) is 24.2. The summed E-state index contributed by atoms with van der Waals surface area (Å²) in [5.74, 6) is -0.877. The molecule has 0 saturated carbocycles. The number of esters is 1. The number of rotatable bonds is 9. The summed E-state index contributed by atoms with van der Waals surface area (Å²) in [7, 11) is 3.90. The van der Waals surface area contributed by atoms with E-state index in [9.17, 15) is 19.5 Å². The van der Waals surface area contributed by atoms with Gasteiger partial charge in [0.15, 0.2) is 4.80 Å². The maximum absolute atomic E-state index is 13.8. The third-order valence-corrected chi connectivity index (χ3v) is 7.98. The Morgan fingerprint density at radius 1 is 1.07 bits per heavy atom. The fourth-order valence-electron chi connectivity index (χ4n) is 4.83. The Morgan fingerprint density at radius 2 is 1.79 bits per heavy atom. The van der Waals surface area contributed by atoms with Gasteiger partial charge in [0, 0.05) is 19.8 Å². The van der Waals surface area contributed by atoms with Gasteiger partial charge < -0.3 is 19.5 Å². The molecule has 0 unspecified atom stereocenters. The monoisotopic (exact) mass is 597 g/mol. The molecular weight excluding hydrogens is 566 g/mol. The normalized spacial score (nSPS) is 14.6. The van der Waals surface area contributed by atoms with Crippen molar-refractivity contribution < 1.29 is 24.2 Å². The van der Waals surface area contributed by atoms with Crippen LogP contribution in [-0.4, -0.2) is 42.3 Å². The molecule has 0 spiro atoms. The number of benzene rings is 3. The van der Waals surface area contributed by atoms with Crippen LogP contribution in [0.3, 0.4) is 0 Å². The second-order valence-corrected chi connectivity index (χ2v) is 11.2. The Kier molecular flexibility index (Phi) is 8.58. The van der Waals surface area contributed by atoms with E-state index in [1.807, 2.05) is 55.4 Å². The van der Waals surface area contributed by atoms with Crippen molar-refractivity contribution in [2.75, 3.05) is 25.6 Å². The van der Waals surface area contributed by atoms with Crippen molar-refractivity contribution in [2.45, 2.75) is 26.5 Å². The van der Waals surface area contributed by atoms with Crippen LogP contribution in [0.5, 0.6) is 5.75 Å². The van der Waals surface area contributed by atoms with E-state index < -0.39 is 18.0 Å². The smallest absolute Gasteiger partial charge is 0.338 e. The van der Waals surface area contributed by atoms with Crippen LogP contribution < -0.4 is 24.5 Å². The number of nitrogens with zero attached hydrogens (tertiary/aromatic N) is 3. The zero-order chi connectivity index (χ0) is 30.7. The van der Waals surface area contributed by atoms with Crippen molar-refractivity contribution >= 4 is 35.0 Å². The van der Waals surface area contributed by atoms with E-state index in [1.54, 1.807) is 54.8 Å². The number of anilines is 1. The lowest BCUT2D eigenvalue weighted by Gasteiger charge is -2.25. The Hall–Kier alpha value is -4.96. The molecule has 5 rings (SSSR count). The minimum Gasteiger partial charge on any atom is -0.489 e. The number of hydrogen-bond acceptors (Lipinski definition) is 8. The molecule has 0 bridgehead atoms. The summed E-state index contributed by atoms with van der Waals surface area (Å²) in [5.41, 5.74) is 4.12. The Morgan fingerprint density at radius 3 is 2.44 bits per heavy atom. The quantitative estimate of drug-likeness (QED) is 0.289. The topological polar surface area (TPSA) is 110 Å². The molecule has 1 aliphatic heterocycles. The summed E-state index contributed by atoms with van der Waals surface area (Å²) in [6, 6.07) is 20.9. The summed E-state index contributed by atoms with van der Waals surface area (Å²) in [4.78, 5) is 45.3. The van der Waals surface area contributed by atoms with Crippen molar-refractivity contribution in [2.24, 2.45) is 4.99 Å². The van der Waals surface area contributed by atoms with Gasteiger partial charge in [-0.25, -0.2) is 14.6 Å². The van der Waals surface area contributed by atoms with Crippen molar-refractivity contribution in [3.8, 4) is 5.75 Å². The lowest BCUT2D eigenvalue weighted by molar-refractivity contribution is -0.139. The summed E-state index contributed by atoms with van der Waals surface area (Å²) in [6.07, 6.45) is 1.79. The van der Waals surface area contributed by atoms with Crippen LogP contribution in [0.4, 0.5) is 5.69 Å². The average Bonchev–Trinajstić information content (AvgIpc) is 3.30. The standard InChI is InChI=1S/C33H31N3O6S/c1-5-41-32(40)28-20(2)34-33-36(29(28)23-11-13-25(14-12-23)35(3)4)30(37)27(43-33)18-21-9-15-26(16-10-21)42-19-22-7-6-8-24(17-22)31(38)39/h6-18,29H,5,19H2,1-4H3,(H,38,39)/b27-18-/t29-/m1/s1. The van der Waals surface area contributed by atoms with Gasteiger partial charge in [-0.05, 0) is 73.0 Å². The van der Waals surface area contributed by atoms with Crippen LogP contribution in [0.15, 0.2) is 93.9 Å². The van der Waals surface area contributed by atoms with Crippen LogP contribution in [0.2, 0.25) is 0 Å². The predicted octanol–water partition coefficient (Wildman–Crippen LogP) is 4.14. The van der Waals surface area contributed by atoms with Gasteiger partial charge in [-0.15, -0.1) is 0 Å². The fourth-order valence-corrected chi connectivity index (χ4v) is 5.88. The molecule has 1 aromatic heterocycles. The van der Waals surface area contributed by atoms with Crippen molar-refractivity contribution in [3.63, 3.8) is 0 Å². The first-order valence-electron chi connectivity index (χ1n) is 13.7. The van der Waals surface area contributed by atoms with Crippen molar-refractivity contribution in [1.82, 2.24) is 4.57 Å². The number of fused-ring (bicyclic) bond motifs is 1. The van der Waals surface area contributed by atoms with Gasteiger partial charge in [0.05, 0.1) is 34.0 Å². The molecule has 3 aromatic carbocycles. The van der Waals surface area contributed by atoms with Gasteiger partial charge in [-0.2, -0.15) is 0 Å². The number of carboxylic acid groups (broad SMARTS) is 1. The fraction of sp³-hybridized carbons (Fsp3) is 0.212. The number of carbonyl (C=O) groups is 2. The van der Waals surface area contributed by atoms with Gasteiger partial charge in [0.2, 0.25) is 0 Å². The molecule has 1 atom stereocenters. The van der Waals surface area contributed by atoms with Gasteiger partial charge in [-0.1, -0.05) is 47.7 Å². The third kappa shape index (κ3) is 6.29. The number of ether oxygens (including phenoxy) is 2. The molecule has 43 heavy (non-hydrogen) atoms. The SMILES string of the molecule is CCOC(=O)C1=C(C)N=c2s/c(=C\c3ccc(OCc4cccc(C(=O)O)c4)cc3)c(=O)n2[C@@H]1c1ccc(N(C)C)cc1. The molecule has 0 saturated heterocycles. The highest BCUT2D eigenvalue weighted by molar-refractivity contribution is 7.07. The Bertz CT molecular complexity index is 1890. The summed E-state index contributed by atoms with van der Waals surface area (Å²) in [6.45, 7) is 3.94. The second-order valence-electron chi connectivity index (χ2n) is 10.2. The molecule has 2 heterocycles. The van der Waals surface area contributed by atoms with Crippen LogP contribution in [0.25, 0.3) is 6.08 Å². The zero-order valence-corrected chi connectivity index (χ0v) is 25.1. The molecule has 1 aliphatic rings. The minimum absolute atomic E-state index is 0.204. The number of allylic oxidation sites excluding steroid dienone is 1.